The van der Waals surface area contributed by atoms with Gasteiger partial charge in [0.05, 0.1) is 5.25 Å². The lowest BCUT2D eigenvalue weighted by Gasteiger charge is -2.17. The van der Waals surface area contributed by atoms with Crippen LogP contribution in [-0.2, 0) is 6.54 Å². The van der Waals surface area contributed by atoms with Crippen LogP contribution >= 0.6 is 27.7 Å². The molecular formula is C28H22BrNS. The highest BCUT2D eigenvalue weighted by atomic mass is 79.9. The first-order valence-electron chi connectivity index (χ1n) is 10.4. The third kappa shape index (κ3) is 4.48. The minimum atomic E-state index is 0.245. The molecule has 0 N–H and O–H groups in total. The number of hydrogen-bond donors (Lipinski definition) is 0. The lowest BCUT2D eigenvalue weighted by Crippen LogP contribution is -1.98. The van der Waals surface area contributed by atoms with Gasteiger partial charge in [-0.1, -0.05) is 107 Å². The monoisotopic (exact) mass is 483 g/mol. The standard InChI is InChI=1S/C28H22BrNS/c29-24-17-15-21(16-18-24)19-30-20-27(25-13-7-8-14-26(25)30)31-28(22-9-3-1-4-10-22)23-11-5-2-6-12-23/h1-18,20,28H,19H2. The van der Waals surface area contributed by atoms with Crippen molar-refractivity contribution in [2.24, 2.45) is 0 Å². The maximum atomic E-state index is 3.54. The lowest BCUT2D eigenvalue weighted by atomic mass is 10.0. The van der Waals surface area contributed by atoms with Gasteiger partial charge in [0.25, 0.3) is 0 Å². The smallest absolute Gasteiger partial charge is 0.0594 e. The Bertz CT molecular complexity index is 1240. The lowest BCUT2D eigenvalue weighted by molar-refractivity contribution is 0.829. The van der Waals surface area contributed by atoms with E-state index < -0.39 is 0 Å². The maximum absolute atomic E-state index is 3.54. The molecule has 0 radical (unpaired) electrons. The van der Waals surface area contributed by atoms with E-state index in [9.17, 15) is 0 Å². The molecule has 0 fully saturated rings. The fourth-order valence-electron chi connectivity index (χ4n) is 3.94. The number of halogens is 1. The van der Waals surface area contributed by atoms with Crippen molar-refractivity contribution in [2.75, 3.05) is 0 Å². The van der Waals surface area contributed by atoms with Gasteiger partial charge in [-0.25, -0.2) is 0 Å². The first-order chi connectivity index (χ1) is 15.3. The molecule has 152 valence electrons. The molecule has 0 unspecified atom stereocenters. The highest BCUT2D eigenvalue weighted by Crippen LogP contribution is 2.43. The van der Waals surface area contributed by atoms with Gasteiger partial charge in [0.1, 0.15) is 0 Å². The minimum Gasteiger partial charge on any atom is -0.342 e. The van der Waals surface area contributed by atoms with Gasteiger partial charge in [-0.15, -0.1) is 11.8 Å². The van der Waals surface area contributed by atoms with Crippen LogP contribution in [0.15, 0.2) is 125 Å². The first kappa shape index (κ1) is 20.2. The molecular weight excluding hydrogens is 462 g/mol. The summed E-state index contributed by atoms with van der Waals surface area (Å²) >= 11 is 5.47. The molecule has 0 aliphatic rings. The summed E-state index contributed by atoms with van der Waals surface area (Å²) in [7, 11) is 0. The van der Waals surface area contributed by atoms with E-state index in [4.69, 9.17) is 0 Å². The highest BCUT2D eigenvalue weighted by molar-refractivity contribution is 9.10. The summed E-state index contributed by atoms with van der Waals surface area (Å²) in [6, 6.07) is 38.9. The Balaban J connectivity index is 1.55. The zero-order chi connectivity index (χ0) is 21.0. The van der Waals surface area contributed by atoms with Gasteiger partial charge in [-0.05, 0) is 34.9 Å². The van der Waals surface area contributed by atoms with Crippen molar-refractivity contribution in [1.29, 1.82) is 0 Å². The zero-order valence-electron chi connectivity index (χ0n) is 17.0. The Labute approximate surface area is 195 Å². The number of para-hydroxylation sites is 1. The van der Waals surface area contributed by atoms with Crippen molar-refractivity contribution >= 4 is 38.6 Å². The molecule has 1 aromatic heterocycles. The van der Waals surface area contributed by atoms with E-state index in [-0.39, 0.29) is 5.25 Å². The Morgan fingerprint density at radius 1 is 0.677 bits per heavy atom. The molecule has 0 aliphatic carbocycles. The largest absolute Gasteiger partial charge is 0.342 e. The molecule has 5 rings (SSSR count). The van der Waals surface area contributed by atoms with E-state index in [2.05, 4.69) is 136 Å². The van der Waals surface area contributed by atoms with Gasteiger partial charge in [0.2, 0.25) is 0 Å². The summed E-state index contributed by atoms with van der Waals surface area (Å²) in [5.41, 5.74) is 5.21. The quantitative estimate of drug-likeness (QED) is 0.219. The highest BCUT2D eigenvalue weighted by Gasteiger charge is 2.18. The van der Waals surface area contributed by atoms with Gasteiger partial charge in [0, 0.05) is 33.0 Å². The molecule has 31 heavy (non-hydrogen) atoms. The molecule has 0 saturated heterocycles. The third-order valence-electron chi connectivity index (χ3n) is 5.47. The van der Waals surface area contributed by atoms with Crippen molar-refractivity contribution in [3.8, 4) is 0 Å². The van der Waals surface area contributed by atoms with Crippen LogP contribution in [0.2, 0.25) is 0 Å². The van der Waals surface area contributed by atoms with Gasteiger partial charge < -0.3 is 4.57 Å². The maximum Gasteiger partial charge on any atom is 0.0594 e. The van der Waals surface area contributed by atoms with Crippen LogP contribution in [0.4, 0.5) is 0 Å². The van der Waals surface area contributed by atoms with Crippen molar-refractivity contribution in [3.05, 3.63) is 137 Å². The second-order valence-corrected chi connectivity index (χ2v) is 9.65. The number of rotatable bonds is 6. The van der Waals surface area contributed by atoms with Crippen LogP contribution in [0.25, 0.3) is 10.9 Å². The number of benzene rings is 4. The molecule has 0 atom stereocenters. The topological polar surface area (TPSA) is 4.93 Å². The number of hydrogen-bond acceptors (Lipinski definition) is 1. The Hall–Kier alpha value is -2.75. The van der Waals surface area contributed by atoms with Crippen molar-refractivity contribution in [3.63, 3.8) is 0 Å². The van der Waals surface area contributed by atoms with Crippen LogP contribution in [0.1, 0.15) is 21.9 Å². The van der Waals surface area contributed by atoms with E-state index in [1.54, 1.807) is 0 Å². The van der Waals surface area contributed by atoms with Crippen LogP contribution in [0.5, 0.6) is 0 Å². The number of nitrogens with zero attached hydrogens (tertiary/aromatic N) is 1. The summed E-state index contributed by atoms with van der Waals surface area (Å²) in [5, 5.41) is 1.55. The fourth-order valence-corrected chi connectivity index (χ4v) is 5.53. The summed E-state index contributed by atoms with van der Waals surface area (Å²) in [5.74, 6) is 0. The summed E-state index contributed by atoms with van der Waals surface area (Å²) in [6.07, 6.45) is 2.32. The molecule has 3 heteroatoms. The normalized spacial score (nSPS) is 11.3. The summed E-state index contributed by atoms with van der Waals surface area (Å²) in [4.78, 5) is 1.31. The molecule has 0 saturated carbocycles. The molecule has 4 aromatic carbocycles. The van der Waals surface area contributed by atoms with E-state index in [0.717, 1.165) is 11.0 Å². The second kappa shape index (κ2) is 9.17. The van der Waals surface area contributed by atoms with Crippen LogP contribution in [0, 0.1) is 0 Å². The summed E-state index contributed by atoms with van der Waals surface area (Å²) < 4.78 is 3.48. The molecule has 1 nitrogen and oxygen atoms in total. The molecule has 0 amide bonds. The van der Waals surface area contributed by atoms with Crippen molar-refractivity contribution in [2.45, 2.75) is 16.7 Å². The van der Waals surface area contributed by atoms with E-state index in [1.165, 1.54) is 32.5 Å². The molecule has 0 bridgehead atoms. The van der Waals surface area contributed by atoms with Crippen LogP contribution in [0.3, 0.4) is 0 Å². The van der Waals surface area contributed by atoms with Gasteiger partial charge in [-0.2, -0.15) is 0 Å². The second-order valence-electron chi connectivity index (χ2n) is 7.58. The van der Waals surface area contributed by atoms with Gasteiger partial charge >= 0.3 is 0 Å². The first-order valence-corrected chi connectivity index (χ1v) is 12.0. The zero-order valence-corrected chi connectivity index (χ0v) is 19.4. The van der Waals surface area contributed by atoms with Crippen LogP contribution in [-0.4, -0.2) is 4.57 Å². The van der Waals surface area contributed by atoms with Gasteiger partial charge in [0.15, 0.2) is 0 Å². The number of aromatic nitrogens is 1. The minimum absolute atomic E-state index is 0.245. The average molecular weight is 484 g/mol. The molecule has 5 aromatic rings. The summed E-state index contributed by atoms with van der Waals surface area (Å²) in [6.45, 7) is 0.857. The SMILES string of the molecule is Brc1ccc(Cn2cc(SC(c3ccccc3)c3ccccc3)c3ccccc32)cc1. The predicted octanol–water partition coefficient (Wildman–Crippen LogP) is 8.33. The predicted molar refractivity (Wildman–Crippen MR) is 136 cm³/mol. The average Bonchev–Trinajstić information content (AvgIpc) is 3.17. The van der Waals surface area contributed by atoms with E-state index in [0.29, 0.717) is 0 Å². The Morgan fingerprint density at radius 2 is 1.26 bits per heavy atom. The number of fused-ring (bicyclic) bond motifs is 1. The molecule has 1 heterocycles. The van der Waals surface area contributed by atoms with Crippen molar-refractivity contribution in [1.82, 2.24) is 4.57 Å². The fraction of sp³-hybridized carbons (Fsp3) is 0.0714. The van der Waals surface area contributed by atoms with Crippen LogP contribution < -0.4 is 0 Å². The Kier molecular flexibility index (Phi) is 5.97. The molecule has 0 spiro atoms. The molecule has 0 aliphatic heterocycles. The van der Waals surface area contributed by atoms with Gasteiger partial charge in [-0.3, -0.25) is 0 Å². The van der Waals surface area contributed by atoms with Crippen molar-refractivity contribution < 1.29 is 0 Å². The Morgan fingerprint density at radius 3 is 1.90 bits per heavy atom. The third-order valence-corrected chi connectivity index (χ3v) is 7.36. The number of thioether (sulfide) groups is 1. The van der Waals surface area contributed by atoms with E-state index >= 15 is 0 Å². The van der Waals surface area contributed by atoms with E-state index in [1.807, 2.05) is 11.8 Å².